The zero-order valence-corrected chi connectivity index (χ0v) is 22.7. The lowest BCUT2D eigenvalue weighted by molar-refractivity contribution is -0.0413. The molecule has 0 aromatic heterocycles. The standard InChI is InChI=1S/C29H54O3Si/c1-4-10-18-26(19-11-5-1)30-33(29-24-16-17-25-29,31-27-20-12-6-2-7-13-21-27)32-28-22-14-8-3-9-15-23-28/h26-29H,1-25H2. The van der Waals surface area contributed by atoms with E-state index in [0.717, 1.165) is 0 Å². The van der Waals surface area contributed by atoms with E-state index < -0.39 is 8.80 Å². The summed E-state index contributed by atoms with van der Waals surface area (Å²) in [5.41, 5.74) is 0.554. The summed E-state index contributed by atoms with van der Waals surface area (Å²) in [5.74, 6) is 0. The molecule has 4 aliphatic rings. The first-order chi connectivity index (χ1) is 16.3. The van der Waals surface area contributed by atoms with Gasteiger partial charge in [0, 0.05) is 23.9 Å². The van der Waals surface area contributed by atoms with E-state index in [1.54, 1.807) is 0 Å². The maximum atomic E-state index is 7.34. The highest BCUT2D eigenvalue weighted by atomic mass is 28.4. The molecule has 0 aromatic carbocycles. The Labute approximate surface area is 206 Å². The van der Waals surface area contributed by atoms with E-state index in [9.17, 15) is 0 Å². The minimum Gasteiger partial charge on any atom is -0.370 e. The molecule has 4 aliphatic carbocycles. The van der Waals surface area contributed by atoms with Gasteiger partial charge in [-0.15, -0.1) is 0 Å². The van der Waals surface area contributed by atoms with Gasteiger partial charge in [0.15, 0.2) is 0 Å². The van der Waals surface area contributed by atoms with Crippen molar-refractivity contribution in [3.63, 3.8) is 0 Å². The van der Waals surface area contributed by atoms with E-state index in [4.69, 9.17) is 13.3 Å². The van der Waals surface area contributed by atoms with Crippen LogP contribution in [0.4, 0.5) is 0 Å². The van der Waals surface area contributed by atoms with Crippen LogP contribution in [0.15, 0.2) is 0 Å². The van der Waals surface area contributed by atoms with Crippen molar-refractivity contribution in [3.8, 4) is 0 Å². The molecule has 0 spiro atoms. The van der Waals surface area contributed by atoms with E-state index in [0.29, 0.717) is 23.9 Å². The largest absolute Gasteiger partial charge is 0.504 e. The van der Waals surface area contributed by atoms with Crippen molar-refractivity contribution in [2.45, 2.75) is 184 Å². The maximum absolute atomic E-state index is 7.34. The van der Waals surface area contributed by atoms with Crippen LogP contribution in [0.3, 0.4) is 0 Å². The molecule has 4 fully saturated rings. The van der Waals surface area contributed by atoms with Gasteiger partial charge in [0.05, 0.1) is 0 Å². The first kappa shape index (κ1) is 26.2. The molecule has 0 radical (unpaired) electrons. The summed E-state index contributed by atoms with van der Waals surface area (Å²) in [6.07, 6.45) is 34.2. The number of hydrogen-bond donors (Lipinski definition) is 0. The molecule has 0 atom stereocenters. The molecule has 0 aliphatic heterocycles. The van der Waals surface area contributed by atoms with Gasteiger partial charge in [0.2, 0.25) is 0 Å². The summed E-state index contributed by atoms with van der Waals surface area (Å²) >= 11 is 0. The van der Waals surface area contributed by atoms with Crippen LogP contribution in [0.5, 0.6) is 0 Å². The molecule has 4 rings (SSSR count). The first-order valence-electron chi connectivity index (χ1n) is 15.4. The van der Waals surface area contributed by atoms with E-state index in [-0.39, 0.29) is 0 Å². The van der Waals surface area contributed by atoms with Gasteiger partial charge in [-0.1, -0.05) is 109 Å². The van der Waals surface area contributed by atoms with Gasteiger partial charge in [-0.3, -0.25) is 0 Å². The Morgan fingerprint density at radius 1 is 0.303 bits per heavy atom. The predicted octanol–water partition coefficient (Wildman–Crippen LogP) is 9.26. The lowest BCUT2D eigenvalue weighted by Crippen LogP contribution is -2.56. The molecule has 0 unspecified atom stereocenters. The smallest absolute Gasteiger partial charge is 0.370 e. The molecule has 0 saturated heterocycles. The zero-order valence-electron chi connectivity index (χ0n) is 21.7. The molecule has 3 nitrogen and oxygen atoms in total. The lowest BCUT2D eigenvalue weighted by Gasteiger charge is -2.42. The second kappa shape index (κ2) is 14.6. The van der Waals surface area contributed by atoms with Gasteiger partial charge in [-0.25, -0.2) is 0 Å². The third kappa shape index (κ3) is 8.61. The van der Waals surface area contributed by atoms with Crippen molar-refractivity contribution in [3.05, 3.63) is 0 Å². The van der Waals surface area contributed by atoms with Gasteiger partial charge < -0.3 is 13.3 Å². The van der Waals surface area contributed by atoms with Gasteiger partial charge in [-0.2, -0.15) is 0 Å². The van der Waals surface area contributed by atoms with Crippen LogP contribution in [0.2, 0.25) is 5.54 Å². The van der Waals surface area contributed by atoms with Crippen LogP contribution in [-0.4, -0.2) is 27.1 Å². The third-order valence-corrected chi connectivity index (χ3v) is 12.6. The van der Waals surface area contributed by atoms with Crippen molar-refractivity contribution in [2.24, 2.45) is 0 Å². The van der Waals surface area contributed by atoms with E-state index in [1.807, 2.05) is 0 Å². The third-order valence-electron chi connectivity index (χ3n) is 9.00. The summed E-state index contributed by atoms with van der Waals surface area (Å²) in [5, 5.41) is 0. The summed E-state index contributed by atoms with van der Waals surface area (Å²) < 4.78 is 22.0. The number of hydrogen-bond acceptors (Lipinski definition) is 3. The molecule has 0 bridgehead atoms. The second-order valence-electron chi connectivity index (χ2n) is 11.8. The molecule has 0 N–H and O–H groups in total. The molecule has 0 aromatic rings. The molecule has 33 heavy (non-hydrogen) atoms. The summed E-state index contributed by atoms with van der Waals surface area (Å²) in [7, 11) is -2.74. The first-order valence-corrected chi connectivity index (χ1v) is 17.2. The summed E-state index contributed by atoms with van der Waals surface area (Å²) in [6.45, 7) is 0. The van der Waals surface area contributed by atoms with Crippen molar-refractivity contribution in [1.29, 1.82) is 0 Å². The summed E-state index contributed by atoms with van der Waals surface area (Å²) in [6, 6.07) is 0. The molecule has 0 amide bonds. The van der Waals surface area contributed by atoms with E-state index in [2.05, 4.69) is 0 Å². The van der Waals surface area contributed by atoms with Crippen molar-refractivity contribution >= 4 is 8.80 Å². The molecule has 192 valence electrons. The SMILES string of the molecule is C1CCCC(O[Si](OC2CCCCCCC2)(OC2CCCCCCC2)C2CCCC2)CCC1. The minimum absolute atomic E-state index is 0.375. The van der Waals surface area contributed by atoms with E-state index >= 15 is 0 Å². The Morgan fingerprint density at radius 2 is 0.545 bits per heavy atom. The normalized spacial score (nSPS) is 27.3. The van der Waals surface area contributed by atoms with Crippen molar-refractivity contribution in [1.82, 2.24) is 0 Å². The molecule has 4 saturated carbocycles. The quantitative estimate of drug-likeness (QED) is 0.341. The van der Waals surface area contributed by atoms with Crippen LogP contribution < -0.4 is 0 Å². The molecule has 0 heterocycles. The fraction of sp³-hybridized carbons (Fsp3) is 1.00. The maximum Gasteiger partial charge on any atom is 0.504 e. The minimum atomic E-state index is -2.74. The Morgan fingerprint density at radius 3 is 0.848 bits per heavy atom. The van der Waals surface area contributed by atoms with Crippen LogP contribution >= 0.6 is 0 Å². The Hall–Kier alpha value is 0.0969. The Balaban J connectivity index is 1.55. The monoisotopic (exact) mass is 478 g/mol. The lowest BCUT2D eigenvalue weighted by atomic mass is 9.99. The highest BCUT2D eigenvalue weighted by molar-refractivity contribution is 6.62. The van der Waals surface area contributed by atoms with Crippen LogP contribution in [0.1, 0.15) is 161 Å². The molecule has 4 heteroatoms. The topological polar surface area (TPSA) is 27.7 Å². The summed E-state index contributed by atoms with van der Waals surface area (Å²) in [4.78, 5) is 0. The molecular formula is C29H54O3Si. The number of rotatable bonds is 7. The Kier molecular flexibility index (Phi) is 11.6. The average Bonchev–Trinajstić information content (AvgIpc) is 3.29. The van der Waals surface area contributed by atoms with Crippen molar-refractivity contribution < 1.29 is 13.3 Å². The van der Waals surface area contributed by atoms with Gasteiger partial charge in [0.25, 0.3) is 0 Å². The van der Waals surface area contributed by atoms with Crippen LogP contribution in [0.25, 0.3) is 0 Å². The van der Waals surface area contributed by atoms with Crippen molar-refractivity contribution in [2.75, 3.05) is 0 Å². The highest BCUT2D eigenvalue weighted by Crippen LogP contribution is 2.44. The fourth-order valence-corrected chi connectivity index (χ4v) is 10.9. The predicted molar refractivity (Wildman–Crippen MR) is 140 cm³/mol. The van der Waals surface area contributed by atoms with Gasteiger partial charge in [0.1, 0.15) is 0 Å². The van der Waals surface area contributed by atoms with Gasteiger partial charge in [-0.05, 0) is 51.4 Å². The average molecular weight is 479 g/mol. The van der Waals surface area contributed by atoms with Gasteiger partial charge >= 0.3 is 8.80 Å². The molecular weight excluding hydrogens is 424 g/mol. The fourth-order valence-electron chi connectivity index (χ4n) is 6.96. The highest BCUT2D eigenvalue weighted by Gasteiger charge is 2.54. The van der Waals surface area contributed by atoms with E-state index in [1.165, 1.54) is 161 Å². The second-order valence-corrected chi connectivity index (χ2v) is 14.6. The van der Waals surface area contributed by atoms with Crippen LogP contribution in [0, 0.1) is 0 Å². The zero-order chi connectivity index (χ0) is 22.6. The van der Waals surface area contributed by atoms with Crippen LogP contribution in [-0.2, 0) is 13.3 Å². The Bertz CT molecular complexity index is 437.